The van der Waals surface area contributed by atoms with Crippen LogP contribution in [-0.4, -0.2) is 28.3 Å². The maximum atomic E-state index is 12.2. The fourth-order valence-electron chi connectivity index (χ4n) is 2.44. The fraction of sp³-hybridized carbons (Fsp3) is 0.100. The van der Waals surface area contributed by atoms with Crippen LogP contribution in [0.5, 0.6) is 0 Å². The topological polar surface area (TPSA) is 97.0 Å². The Morgan fingerprint density at radius 2 is 1.74 bits per heavy atom. The first-order valence-corrected chi connectivity index (χ1v) is 8.20. The fourth-order valence-corrected chi connectivity index (χ4v) is 2.44. The molecule has 1 aromatic heterocycles. The molecular formula is C20H16N4O3. The second-order valence-electron chi connectivity index (χ2n) is 5.64. The van der Waals surface area contributed by atoms with Crippen molar-refractivity contribution in [2.24, 2.45) is 0 Å². The van der Waals surface area contributed by atoms with Gasteiger partial charge in [0.15, 0.2) is 12.4 Å². The van der Waals surface area contributed by atoms with Gasteiger partial charge in [-0.1, -0.05) is 48.5 Å². The third kappa shape index (κ3) is 4.58. The van der Waals surface area contributed by atoms with E-state index >= 15 is 0 Å². The number of aromatic nitrogens is 2. The van der Waals surface area contributed by atoms with Crippen LogP contribution >= 0.6 is 0 Å². The number of carbonyl (C=O) groups excluding carboxylic acids is 2. The lowest BCUT2D eigenvalue weighted by Crippen LogP contribution is -2.23. The predicted octanol–water partition coefficient (Wildman–Crippen LogP) is 2.47. The van der Waals surface area contributed by atoms with Crippen LogP contribution in [0, 0.1) is 11.3 Å². The van der Waals surface area contributed by atoms with Gasteiger partial charge in [-0.15, -0.1) is 0 Å². The number of hydrogen-bond acceptors (Lipinski definition) is 5. The van der Waals surface area contributed by atoms with Crippen LogP contribution in [0.1, 0.15) is 11.1 Å². The van der Waals surface area contributed by atoms with Crippen molar-refractivity contribution in [1.29, 1.82) is 5.26 Å². The van der Waals surface area contributed by atoms with Gasteiger partial charge in [0.25, 0.3) is 5.91 Å². The number of para-hydroxylation sites is 1. The number of anilines is 1. The SMILES string of the molecule is N#Cc1cnn(-c2ccccc2)c1NC(=O)COC(=O)Cc1ccccc1. The number of rotatable bonds is 6. The smallest absolute Gasteiger partial charge is 0.310 e. The zero-order valence-corrected chi connectivity index (χ0v) is 14.3. The van der Waals surface area contributed by atoms with Gasteiger partial charge in [-0.05, 0) is 17.7 Å². The van der Waals surface area contributed by atoms with E-state index < -0.39 is 18.5 Å². The number of benzene rings is 2. The van der Waals surface area contributed by atoms with E-state index in [1.165, 1.54) is 10.9 Å². The molecule has 0 spiro atoms. The average molecular weight is 360 g/mol. The van der Waals surface area contributed by atoms with Crippen LogP contribution in [0.3, 0.4) is 0 Å². The first-order chi connectivity index (χ1) is 13.2. The van der Waals surface area contributed by atoms with Crippen LogP contribution in [-0.2, 0) is 20.7 Å². The second-order valence-corrected chi connectivity index (χ2v) is 5.64. The molecule has 7 nitrogen and oxygen atoms in total. The minimum absolute atomic E-state index is 0.0829. The molecule has 0 saturated carbocycles. The molecule has 1 N–H and O–H groups in total. The maximum absolute atomic E-state index is 12.2. The molecular weight excluding hydrogens is 344 g/mol. The number of hydrogen-bond donors (Lipinski definition) is 1. The molecule has 3 aromatic rings. The largest absolute Gasteiger partial charge is 0.455 e. The highest BCUT2D eigenvalue weighted by atomic mass is 16.5. The van der Waals surface area contributed by atoms with Gasteiger partial charge < -0.3 is 10.1 Å². The van der Waals surface area contributed by atoms with Crippen molar-refractivity contribution in [2.75, 3.05) is 11.9 Å². The van der Waals surface area contributed by atoms with Crippen molar-refractivity contribution in [3.63, 3.8) is 0 Å². The number of nitriles is 1. The van der Waals surface area contributed by atoms with Gasteiger partial charge in [-0.2, -0.15) is 10.4 Å². The molecule has 0 fully saturated rings. The van der Waals surface area contributed by atoms with Gasteiger partial charge in [-0.3, -0.25) is 9.59 Å². The summed E-state index contributed by atoms with van der Waals surface area (Å²) >= 11 is 0. The summed E-state index contributed by atoms with van der Waals surface area (Å²) in [5.74, 6) is -0.827. The zero-order chi connectivity index (χ0) is 19.1. The van der Waals surface area contributed by atoms with E-state index in [1.807, 2.05) is 42.5 Å². The normalized spacial score (nSPS) is 10.0. The molecule has 0 radical (unpaired) electrons. The van der Waals surface area contributed by atoms with Gasteiger partial charge in [-0.25, -0.2) is 4.68 Å². The van der Waals surface area contributed by atoms with E-state index in [-0.39, 0.29) is 17.8 Å². The van der Waals surface area contributed by atoms with Crippen molar-refractivity contribution >= 4 is 17.7 Å². The molecule has 1 heterocycles. The molecule has 0 atom stereocenters. The summed E-state index contributed by atoms with van der Waals surface area (Å²) in [6.45, 7) is -0.448. The predicted molar refractivity (Wildman–Crippen MR) is 98.0 cm³/mol. The number of nitrogens with one attached hydrogen (secondary N) is 1. The molecule has 0 aliphatic heterocycles. The van der Waals surface area contributed by atoms with Crippen molar-refractivity contribution < 1.29 is 14.3 Å². The van der Waals surface area contributed by atoms with E-state index in [0.29, 0.717) is 5.69 Å². The zero-order valence-electron chi connectivity index (χ0n) is 14.3. The number of ether oxygens (including phenoxy) is 1. The first kappa shape index (κ1) is 17.9. The third-order valence-corrected chi connectivity index (χ3v) is 3.70. The number of esters is 1. The van der Waals surface area contributed by atoms with Gasteiger partial charge in [0.05, 0.1) is 18.3 Å². The van der Waals surface area contributed by atoms with E-state index in [2.05, 4.69) is 10.4 Å². The molecule has 2 aromatic carbocycles. The highest BCUT2D eigenvalue weighted by Gasteiger charge is 2.16. The molecule has 0 saturated heterocycles. The summed E-state index contributed by atoms with van der Waals surface area (Å²) in [6, 6.07) is 20.2. The van der Waals surface area contributed by atoms with E-state index in [4.69, 9.17) is 4.74 Å². The summed E-state index contributed by atoms with van der Waals surface area (Å²) in [4.78, 5) is 24.0. The molecule has 0 aliphatic carbocycles. The highest BCUT2D eigenvalue weighted by Crippen LogP contribution is 2.19. The quantitative estimate of drug-likeness (QED) is 0.681. The summed E-state index contributed by atoms with van der Waals surface area (Å²) in [7, 11) is 0. The third-order valence-electron chi connectivity index (χ3n) is 3.70. The van der Waals surface area contributed by atoms with Gasteiger partial charge in [0.2, 0.25) is 0 Å². The van der Waals surface area contributed by atoms with Gasteiger partial charge in [0, 0.05) is 0 Å². The summed E-state index contributed by atoms with van der Waals surface area (Å²) in [6.07, 6.45) is 1.45. The number of nitrogens with zero attached hydrogens (tertiary/aromatic N) is 3. The van der Waals surface area contributed by atoms with Crippen LogP contribution in [0.4, 0.5) is 5.82 Å². The minimum Gasteiger partial charge on any atom is -0.455 e. The highest BCUT2D eigenvalue weighted by molar-refractivity contribution is 5.93. The lowest BCUT2D eigenvalue weighted by atomic mass is 10.2. The standard InChI is InChI=1S/C20H16N4O3/c21-12-16-13-22-24(17-9-5-2-6-10-17)20(16)23-18(25)14-27-19(26)11-15-7-3-1-4-8-15/h1-10,13H,11,14H2,(H,23,25). The Kier molecular flexibility index (Phi) is 5.60. The molecule has 7 heteroatoms. The summed E-state index contributed by atoms with van der Waals surface area (Å²) in [5, 5.41) is 16.0. The molecule has 3 rings (SSSR count). The van der Waals surface area contributed by atoms with E-state index in [0.717, 1.165) is 5.56 Å². The van der Waals surface area contributed by atoms with Crippen molar-refractivity contribution in [2.45, 2.75) is 6.42 Å². The van der Waals surface area contributed by atoms with Crippen molar-refractivity contribution in [1.82, 2.24) is 9.78 Å². The molecule has 0 aliphatic rings. The first-order valence-electron chi connectivity index (χ1n) is 8.20. The van der Waals surface area contributed by atoms with Crippen LogP contribution in [0.2, 0.25) is 0 Å². The lowest BCUT2D eigenvalue weighted by molar-refractivity contribution is -0.146. The Labute approximate surface area is 155 Å². The van der Waals surface area contributed by atoms with Crippen molar-refractivity contribution in [3.05, 3.63) is 78.0 Å². The number of amides is 1. The Morgan fingerprint density at radius 3 is 2.41 bits per heavy atom. The Balaban J connectivity index is 1.63. The van der Waals surface area contributed by atoms with Crippen LogP contribution < -0.4 is 5.32 Å². The molecule has 134 valence electrons. The monoisotopic (exact) mass is 360 g/mol. The van der Waals surface area contributed by atoms with Crippen molar-refractivity contribution in [3.8, 4) is 11.8 Å². The van der Waals surface area contributed by atoms with E-state index in [9.17, 15) is 14.9 Å². The van der Waals surface area contributed by atoms with Crippen LogP contribution in [0.15, 0.2) is 66.9 Å². The maximum Gasteiger partial charge on any atom is 0.310 e. The molecule has 27 heavy (non-hydrogen) atoms. The molecule has 1 amide bonds. The lowest BCUT2D eigenvalue weighted by Gasteiger charge is -2.10. The average Bonchev–Trinajstić information content (AvgIpc) is 3.10. The van der Waals surface area contributed by atoms with Crippen LogP contribution in [0.25, 0.3) is 5.69 Å². The second kappa shape index (κ2) is 8.45. The summed E-state index contributed by atoms with van der Waals surface area (Å²) in [5.41, 5.74) is 1.70. The molecule has 0 bridgehead atoms. The van der Waals surface area contributed by atoms with Gasteiger partial charge >= 0.3 is 5.97 Å². The number of carbonyl (C=O) groups is 2. The Bertz CT molecular complexity index is 975. The minimum atomic E-state index is -0.550. The van der Waals surface area contributed by atoms with E-state index in [1.54, 1.807) is 24.3 Å². The Morgan fingerprint density at radius 1 is 1.07 bits per heavy atom. The Hall–Kier alpha value is -3.92. The summed E-state index contributed by atoms with van der Waals surface area (Å²) < 4.78 is 6.46. The van der Waals surface area contributed by atoms with Gasteiger partial charge in [0.1, 0.15) is 11.6 Å². The molecule has 0 unspecified atom stereocenters.